The van der Waals surface area contributed by atoms with Crippen LogP contribution >= 0.6 is 35.6 Å². The van der Waals surface area contributed by atoms with E-state index in [2.05, 4.69) is 4.90 Å². The fourth-order valence-corrected chi connectivity index (χ4v) is 2.75. The smallest absolute Gasteiger partial charge is 0.339 e. The summed E-state index contributed by atoms with van der Waals surface area (Å²) in [5, 5.41) is 0.831. The van der Waals surface area contributed by atoms with Gasteiger partial charge >= 0.3 is 5.97 Å². The van der Waals surface area contributed by atoms with Gasteiger partial charge in [0.05, 0.1) is 10.6 Å². The van der Waals surface area contributed by atoms with Gasteiger partial charge in [0.15, 0.2) is 0 Å². The minimum Gasteiger partial charge on any atom is -0.458 e. The van der Waals surface area contributed by atoms with Gasteiger partial charge in [0.2, 0.25) is 0 Å². The van der Waals surface area contributed by atoms with Crippen LogP contribution in [0.4, 0.5) is 0 Å². The number of hydrogen-bond acceptors (Lipinski definition) is 3. The van der Waals surface area contributed by atoms with Gasteiger partial charge in [-0.05, 0) is 51.1 Å². The van der Waals surface area contributed by atoms with Crippen molar-refractivity contribution in [1.29, 1.82) is 0 Å². The molecule has 1 unspecified atom stereocenters. The summed E-state index contributed by atoms with van der Waals surface area (Å²) in [6, 6.07) is 4.77. The van der Waals surface area contributed by atoms with Crippen molar-refractivity contribution < 1.29 is 9.53 Å². The number of carbonyl (C=O) groups is 1. The molecule has 1 atom stereocenters. The van der Waals surface area contributed by atoms with Crippen molar-refractivity contribution in [3.05, 3.63) is 33.8 Å². The molecule has 2 rings (SSSR count). The lowest BCUT2D eigenvalue weighted by atomic mass is 10.2. The maximum Gasteiger partial charge on any atom is 0.339 e. The number of esters is 1. The zero-order valence-corrected chi connectivity index (χ0v) is 13.6. The molecule has 0 amide bonds. The Kier molecular flexibility index (Phi) is 7.10. The fraction of sp³-hybridized carbons (Fsp3) is 0.500. The van der Waals surface area contributed by atoms with Gasteiger partial charge < -0.3 is 4.74 Å². The van der Waals surface area contributed by atoms with Crippen LogP contribution in [0.1, 0.15) is 30.1 Å². The largest absolute Gasteiger partial charge is 0.458 e. The number of likely N-dealkylation sites (tertiary alicyclic amines) is 1. The number of benzene rings is 1. The summed E-state index contributed by atoms with van der Waals surface area (Å²) < 4.78 is 5.41. The van der Waals surface area contributed by atoms with Crippen molar-refractivity contribution in [2.45, 2.75) is 25.9 Å². The Hall–Kier alpha value is -0.480. The molecule has 0 saturated carbocycles. The standard InChI is InChI=1S/C14H17Cl2NO2.ClH/c1-10(9-17-6-2-3-7-17)19-14(18)12-5-4-11(15)8-13(12)16;/h4-5,8,10H,2-3,6-7,9H2,1H3;1H. The van der Waals surface area contributed by atoms with Crippen LogP contribution in [0.15, 0.2) is 18.2 Å². The van der Waals surface area contributed by atoms with Crippen LogP contribution in [0, 0.1) is 0 Å². The van der Waals surface area contributed by atoms with Crippen LogP contribution in [-0.2, 0) is 4.74 Å². The predicted octanol–water partition coefficient (Wildman–Crippen LogP) is 4.06. The molecular formula is C14H18Cl3NO2. The van der Waals surface area contributed by atoms with Gasteiger partial charge in [-0.2, -0.15) is 0 Å². The highest BCUT2D eigenvalue weighted by Crippen LogP contribution is 2.22. The molecule has 6 heteroatoms. The van der Waals surface area contributed by atoms with E-state index >= 15 is 0 Å². The molecule has 1 aliphatic rings. The minimum absolute atomic E-state index is 0. The van der Waals surface area contributed by atoms with Gasteiger partial charge in [0, 0.05) is 11.6 Å². The third kappa shape index (κ3) is 4.81. The number of hydrogen-bond donors (Lipinski definition) is 0. The second kappa shape index (κ2) is 8.08. The van der Waals surface area contributed by atoms with E-state index in [9.17, 15) is 4.79 Å². The maximum absolute atomic E-state index is 12.0. The molecule has 1 fully saturated rings. The zero-order chi connectivity index (χ0) is 13.8. The molecule has 0 aromatic heterocycles. The van der Waals surface area contributed by atoms with Crippen molar-refractivity contribution in [3.63, 3.8) is 0 Å². The Morgan fingerprint density at radius 1 is 1.35 bits per heavy atom. The third-order valence-corrected chi connectivity index (χ3v) is 3.72. The molecule has 3 nitrogen and oxygen atoms in total. The van der Waals surface area contributed by atoms with E-state index < -0.39 is 5.97 Å². The van der Waals surface area contributed by atoms with E-state index in [1.807, 2.05) is 6.92 Å². The average molecular weight is 339 g/mol. The van der Waals surface area contributed by atoms with Crippen LogP contribution < -0.4 is 0 Å². The summed E-state index contributed by atoms with van der Waals surface area (Å²) in [6.45, 7) is 4.85. The van der Waals surface area contributed by atoms with E-state index in [-0.39, 0.29) is 18.5 Å². The molecule has 1 aromatic rings. The molecule has 20 heavy (non-hydrogen) atoms. The van der Waals surface area contributed by atoms with E-state index in [1.165, 1.54) is 12.8 Å². The van der Waals surface area contributed by atoms with Gasteiger partial charge in [-0.25, -0.2) is 4.79 Å². The number of ether oxygens (including phenoxy) is 1. The first-order chi connectivity index (χ1) is 9.06. The lowest BCUT2D eigenvalue weighted by Crippen LogP contribution is -2.31. The summed E-state index contributed by atoms with van der Waals surface area (Å²) in [5.41, 5.74) is 0.360. The molecule has 1 aliphatic heterocycles. The first-order valence-electron chi connectivity index (χ1n) is 6.44. The van der Waals surface area contributed by atoms with Crippen molar-refractivity contribution in [2.75, 3.05) is 19.6 Å². The summed E-state index contributed by atoms with van der Waals surface area (Å²) in [4.78, 5) is 14.3. The Balaban J connectivity index is 0.00000200. The van der Waals surface area contributed by atoms with Crippen molar-refractivity contribution in [2.24, 2.45) is 0 Å². The molecule has 1 aromatic carbocycles. The molecule has 112 valence electrons. The molecule has 0 aliphatic carbocycles. The van der Waals surface area contributed by atoms with Crippen molar-refractivity contribution >= 4 is 41.6 Å². The van der Waals surface area contributed by atoms with E-state index in [4.69, 9.17) is 27.9 Å². The average Bonchev–Trinajstić information content (AvgIpc) is 2.81. The molecule has 0 spiro atoms. The van der Waals surface area contributed by atoms with Crippen LogP contribution in [0.25, 0.3) is 0 Å². The first kappa shape index (κ1) is 17.6. The Labute approximate surface area is 135 Å². The second-order valence-electron chi connectivity index (χ2n) is 4.85. The van der Waals surface area contributed by atoms with Crippen LogP contribution in [-0.4, -0.2) is 36.6 Å². The number of carbonyl (C=O) groups excluding carboxylic acids is 1. The second-order valence-corrected chi connectivity index (χ2v) is 5.69. The Morgan fingerprint density at radius 2 is 2.00 bits per heavy atom. The molecule has 0 radical (unpaired) electrons. The van der Waals surface area contributed by atoms with Gasteiger partial charge in [-0.15, -0.1) is 12.4 Å². The SMILES string of the molecule is CC(CN1CCCC1)OC(=O)c1ccc(Cl)cc1Cl.Cl. The summed E-state index contributed by atoms with van der Waals surface area (Å²) in [5.74, 6) is -0.395. The number of nitrogens with zero attached hydrogens (tertiary/aromatic N) is 1. The van der Waals surface area contributed by atoms with E-state index in [1.54, 1.807) is 18.2 Å². The Bertz CT molecular complexity index is 462. The predicted molar refractivity (Wildman–Crippen MR) is 84.3 cm³/mol. The fourth-order valence-electron chi connectivity index (χ4n) is 2.27. The third-order valence-electron chi connectivity index (χ3n) is 3.17. The first-order valence-corrected chi connectivity index (χ1v) is 7.20. The van der Waals surface area contributed by atoms with Crippen LogP contribution in [0.2, 0.25) is 10.0 Å². The van der Waals surface area contributed by atoms with Gasteiger partial charge in [0.25, 0.3) is 0 Å². The molecule has 0 bridgehead atoms. The van der Waals surface area contributed by atoms with Gasteiger partial charge in [-0.1, -0.05) is 23.2 Å². The Morgan fingerprint density at radius 3 is 2.60 bits per heavy atom. The van der Waals surface area contributed by atoms with Crippen LogP contribution in [0.5, 0.6) is 0 Å². The number of rotatable bonds is 4. The summed E-state index contributed by atoms with van der Waals surface area (Å²) in [7, 11) is 0. The number of halogens is 3. The monoisotopic (exact) mass is 337 g/mol. The van der Waals surface area contributed by atoms with Crippen molar-refractivity contribution in [3.8, 4) is 0 Å². The van der Waals surface area contributed by atoms with Gasteiger partial charge in [-0.3, -0.25) is 4.90 Å². The molecule has 1 saturated heterocycles. The van der Waals surface area contributed by atoms with Crippen LogP contribution in [0.3, 0.4) is 0 Å². The van der Waals surface area contributed by atoms with Gasteiger partial charge in [0.1, 0.15) is 6.10 Å². The lowest BCUT2D eigenvalue weighted by molar-refractivity contribution is 0.0271. The quantitative estimate of drug-likeness (QED) is 0.776. The lowest BCUT2D eigenvalue weighted by Gasteiger charge is -2.20. The van der Waals surface area contributed by atoms with E-state index in [0.717, 1.165) is 19.6 Å². The van der Waals surface area contributed by atoms with E-state index in [0.29, 0.717) is 15.6 Å². The highest BCUT2D eigenvalue weighted by atomic mass is 35.5. The molecule has 0 N–H and O–H groups in total. The summed E-state index contributed by atoms with van der Waals surface area (Å²) >= 11 is 11.8. The maximum atomic E-state index is 12.0. The normalized spacial score (nSPS) is 16.6. The minimum atomic E-state index is -0.395. The highest BCUT2D eigenvalue weighted by Gasteiger charge is 2.19. The summed E-state index contributed by atoms with van der Waals surface area (Å²) in [6.07, 6.45) is 2.31. The topological polar surface area (TPSA) is 29.5 Å². The molecular weight excluding hydrogens is 321 g/mol. The zero-order valence-electron chi connectivity index (χ0n) is 11.3. The van der Waals surface area contributed by atoms with Crippen molar-refractivity contribution in [1.82, 2.24) is 4.90 Å². The highest BCUT2D eigenvalue weighted by molar-refractivity contribution is 6.36. The molecule has 1 heterocycles.